The van der Waals surface area contributed by atoms with E-state index in [0.717, 1.165) is 33.8 Å². The molecular weight excluding hydrogens is 418 g/mol. The fourth-order valence-electron chi connectivity index (χ4n) is 3.59. The van der Waals surface area contributed by atoms with Gasteiger partial charge in [-0.1, -0.05) is 12.1 Å². The molecular formula is C22H27N3O5S. The van der Waals surface area contributed by atoms with Gasteiger partial charge in [0.2, 0.25) is 21.8 Å². The molecule has 3 rings (SSSR count). The summed E-state index contributed by atoms with van der Waals surface area (Å²) in [5, 5.41) is 2.75. The molecule has 166 valence electrons. The third-order valence-electron chi connectivity index (χ3n) is 5.15. The van der Waals surface area contributed by atoms with Gasteiger partial charge in [-0.3, -0.25) is 13.9 Å². The number of carbonyl (C=O) groups is 2. The maximum atomic E-state index is 12.8. The van der Waals surface area contributed by atoms with Crippen molar-refractivity contribution in [1.29, 1.82) is 0 Å². The molecule has 0 spiro atoms. The number of nitrogens with one attached hydrogen (secondary N) is 1. The van der Waals surface area contributed by atoms with Gasteiger partial charge in [0.25, 0.3) is 0 Å². The van der Waals surface area contributed by atoms with Crippen LogP contribution in [-0.4, -0.2) is 46.7 Å². The minimum atomic E-state index is -3.75. The molecule has 2 aromatic carbocycles. The lowest BCUT2D eigenvalue weighted by molar-refractivity contribution is -0.117. The number of nitrogens with zero attached hydrogens (tertiary/aromatic N) is 2. The molecule has 0 radical (unpaired) electrons. The Morgan fingerprint density at radius 1 is 1.19 bits per heavy atom. The molecule has 0 unspecified atom stereocenters. The average Bonchev–Trinajstić information content (AvgIpc) is 3.12. The van der Waals surface area contributed by atoms with Crippen molar-refractivity contribution in [3.63, 3.8) is 0 Å². The summed E-state index contributed by atoms with van der Waals surface area (Å²) in [7, 11) is -2.30. The Balaban J connectivity index is 1.84. The summed E-state index contributed by atoms with van der Waals surface area (Å²) in [5.74, 6) is -0.0908. The molecule has 0 saturated carbocycles. The van der Waals surface area contributed by atoms with Gasteiger partial charge < -0.3 is 15.0 Å². The van der Waals surface area contributed by atoms with E-state index in [2.05, 4.69) is 5.32 Å². The zero-order valence-corrected chi connectivity index (χ0v) is 19.0. The number of hydrogen-bond donors (Lipinski definition) is 1. The number of aryl methyl sites for hydroxylation is 2. The summed E-state index contributed by atoms with van der Waals surface area (Å²) in [5.41, 5.74) is 3.31. The lowest BCUT2D eigenvalue weighted by atomic mass is 10.1. The van der Waals surface area contributed by atoms with E-state index in [-0.39, 0.29) is 5.91 Å². The van der Waals surface area contributed by atoms with Crippen LogP contribution in [0.4, 0.5) is 17.1 Å². The van der Waals surface area contributed by atoms with Crippen LogP contribution >= 0.6 is 0 Å². The predicted octanol–water partition coefficient (Wildman–Crippen LogP) is 2.84. The van der Waals surface area contributed by atoms with E-state index in [4.69, 9.17) is 4.74 Å². The summed E-state index contributed by atoms with van der Waals surface area (Å²) in [6.07, 6.45) is 2.36. The number of amides is 2. The van der Waals surface area contributed by atoms with E-state index >= 15 is 0 Å². The molecule has 1 aliphatic heterocycles. The van der Waals surface area contributed by atoms with E-state index in [0.29, 0.717) is 30.1 Å². The van der Waals surface area contributed by atoms with Gasteiger partial charge in [0.15, 0.2) is 0 Å². The number of carbonyl (C=O) groups excluding carboxylic acids is 2. The van der Waals surface area contributed by atoms with Gasteiger partial charge in [-0.05, 0) is 55.7 Å². The standard InChI is InChI=1S/C22H27N3O5S/c1-15-7-10-20(30-3)19(12-15)25(31(4,28)29)14-21(26)23-17-9-8-16(2)18(13-17)24-11-5-6-22(24)27/h7-10,12-13H,5-6,11,14H2,1-4H3,(H,23,26). The van der Waals surface area contributed by atoms with Crippen LogP contribution < -0.4 is 19.3 Å². The van der Waals surface area contributed by atoms with Gasteiger partial charge >= 0.3 is 0 Å². The number of hydrogen-bond acceptors (Lipinski definition) is 5. The van der Waals surface area contributed by atoms with Crippen LogP contribution in [0.15, 0.2) is 36.4 Å². The first-order valence-corrected chi connectivity index (χ1v) is 11.8. The molecule has 1 aliphatic rings. The van der Waals surface area contributed by atoms with Crippen molar-refractivity contribution in [3.8, 4) is 5.75 Å². The minimum absolute atomic E-state index is 0.0568. The Hall–Kier alpha value is -3.07. The highest BCUT2D eigenvalue weighted by atomic mass is 32.2. The molecule has 0 aromatic heterocycles. The Kier molecular flexibility index (Phi) is 6.54. The normalized spacial score (nSPS) is 13.9. The molecule has 1 heterocycles. The number of rotatable bonds is 7. The third-order valence-corrected chi connectivity index (χ3v) is 6.27. The number of ether oxygens (including phenoxy) is 1. The summed E-state index contributed by atoms with van der Waals surface area (Å²) in [4.78, 5) is 26.6. The van der Waals surface area contributed by atoms with Gasteiger partial charge in [-0.25, -0.2) is 8.42 Å². The number of sulfonamides is 1. The van der Waals surface area contributed by atoms with Gasteiger partial charge in [0, 0.05) is 24.3 Å². The number of benzene rings is 2. The van der Waals surface area contributed by atoms with Crippen LogP contribution in [-0.2, 0) is 19.6 Å². The number of methoxy groups -OCH3 is 1. The first-order chi connectivity index (χ1) is 14.6. The van der Waals surface area contributed by atoms with E-state index in [1.807, 2.05) is 19.9 Å². The fourth-order valence-corrected chi connectivity index (χ4v) is 4.44. The van der Waals surface area contributed by atoms with E-state index < -0.39 is 22.5 Å². The monoisotopic (exact) mass is 445 g/mol. The van der Waals surface area contributed by atoms with Crippen LogP contribution in [0.3, 0.4) is 0 Å². The molecule has 1 saturated heterocycles. The molecule has 8 nitrogen and oxygen atoms in total. The first-order valence-electron chi connectivity index (χ1n) is 9.93. The lowest BCUT2D eigenvalue weighted by Gasteiger charge is -2.24. The molecule has 2 aromatic rings. The highest BCUT2D eigenvalue weighted by Gasteiger charge is 2.26. The molecule has 0 aliphatic carbocycles. The van der Waals surface area contributed by atoms with E-state index in [1.165, 1.54) is 7.11 Å². The predicted molar refractivity (Wildman–Crippen MR) is 121 cm³/mol. The van der Waals surface area contributed by atoms with Crippen LogP contribution in [0.1, 0.15) is 24.0 Å². The van der Waals surface area contributed by atoms with E-state index in [1.54, 1.807) is 35.2 Å². The first kappa shape index (κ1) is 22.6. The highest BCUT2D eigenvalue weighted by Crippen LogP contribution is 2.31. The Morgan fingerprint density at radius 2 is 1.94 bits per heavy atom. The topological polar surface area (TPSA) is 96.0 Å². The average molecular weight is 446 g/mol. The van der Waals surface area contributed by atoms with Crippen molar-refractivity contribution >= 4 is 38.9 Å². The van der Waals surface area contributed by atoms with Crippen LogP contribution in [0.2, 0.25) is 0 Å². The molecule has 1 fully saturated rings. The fraction of sp³-hybridized carbons (Fsp3) is 0.364. The van der Waals surface area contributed by atoms with Crippen molar-refractivity contribution in [2.45, 2.75) is 26.7 Å². The quantitative estimate of drug-likeness (QED) is 0.707. The Bertz CT molecular complexity index is 1110. The zero-order valence-electron chi connectivity index (χ0n) is 18.1. The summed E-state index contributed by atoms with van der Waals surface area (Å²) < 4.78 is 31.2. The summed E-state index contributed by atoms with van der Waals surface area (Å²) >= 11 is 0. The highest BCUT2D eigenvalue weighted by molar-refractivity contribution is 7.92. The van der Waals surface area contributed by atoms with Crippen molar-refractivity contribution in [1.82, 2.24) is 0 Å². The second kappa shape index (κ2) is 8.97. The molecule has 1 N–H and O–H groups in total. The second-order valence-corrected chi connectivity index (χ2v) is 9.55. The third kappa shape index (κ3) is 5.16. The zero-order chi connectivity index (χ0) is 22.8. The van der Waals surface area contributed by atoms with E-state index in [9.17, 15) is 18.0 Å². The van der Waals surface area contributed by atoms with Crippen LogP contribution in [0.25, 0.3) is 0 Å². The van der Waals surface area contributed by atoms with Crippen LogP contribution in [0, 0.1) is 13.8 Å². The largest absolute Gasteiger partial charge is 0.495 e. The van der Waals surface area contributed by atoms with Crippen molar-refractivity contribution in [2.75, 3.05) is 41.0 Å². The second-order valence-electron chi connectivity index (χ2n) is 7.64. The van der Waals surface area contributed by atoms with Gasteiger partial charge in [0.05, 0.1) is 19.1 Å². The van der Waals surface area contributed by atoms with Crippen molar-refractivity contribution in [2.24, 2.45) is 0 Å². The molecule has 31 heavy (non-hydrogen) atoms. The Labute approximate surface area is 182 Å². The summed E-state index contributed by atoms with van der Waals surface area (Å²) in [6.45, 7) is 3.97. The minimum Gasteiger partial charge on any atom is -0.495 e. The molecule has 2 amide bonds. The number of anilines is 3. The maximum Gasteiger partial charge on any atom is 0.245 e. The smallest absolute Gasteiger partial charge is 0.245 e. The van der Waals surface area contributed by atoms with Crippen molar-refractivity contribution in [3.05, 3.63) is 47.5 Å². The van der Waals surface area contributed by atoms with Crippen LogP contribution in [0.5, 0.6) is 5.75 Å². The molecule has 0 atom stereocenters. The Morgan fingerprint density at radius 3 is 2.55 bits per heavy atom. The van der Waals surface area contributed by atoms with Gasteiger partial charge in [-0.2, -0.15) is 0 Å². The SMILES string of the molecule is COc1ccc(C)cc1N(CC(=O)Nc1ccc(C)c(N2CCCC2=O)c1)S(C)(=O)=O. The summed E-state index contributed by atoms with van der Waals surface area (Å²) in [6, 6.07) is 10.4. The lowest BCUT2D eigenvalue weighted by Crippen LogP contribution is -2.37. The van der Waals surface area contributed by atoms with Gasteiger partial charge in [0.1, 0.15) is 12.3 Å². The molecule has 9 heteroatoms. The molecule has 0 bridgehead atoms. The van der Waals surface area contributed by atoms with Crippen molar-refractivity contribution < 1.29 is 22.7 Å². The maximum absolute atomic E-state index is 12.8. The van der Waals surface area contributed by atoms with Gasteiger partial charge in [-0.15, -0.1) is 0 Å².